The zero-order valence-corrected chi connectivity index (χ0v) is 12.6. The Balaban J connectivity index is 1.81. The van der Waals surface area contributed by atoms with Gasteiger partial charge in [0.15, 0.2) is 0 Å². The van der Waals surface area contributed by atoms with E-state index in [0.29, 0.717) is 5.41 Å². The zero-order valence-electron chi connectivity index (χ0n) is 12.6. The molecule has 4 bridgehead atoms. The summed E-state index contributed by atoms with van der Waals surface area (Å²) in [6.07, 6.45) is 7.82. The Labute approximate surface area is 116 Å². The molecule has 4 saturated carbocycles. The first-order chi connectivity index (χ1) is 8.96. The number of rotatable bonds is 4. The van der Waals surface area contributed by atoms with Crippen molar-refractivity contribution in [3.8, 4) is 0 Å². The van der Waals surface area contributed by atoms with Crippen LogP contribution in [0, 0.1) is 23.2 Å². The molecule has 0 heterocycles. The van der Waals surface area contributed by atoms with Gasteiger partial charge in [0.2, 0.25) is 5.91 Å². The van der Waals surface area contributed by atoms with Crippen LogP contribution in [0.25, 0.3) is 0 Å². The molecule has 0 aromatic heterocycles. The molecule has 0 spiro atoms. The van der Waals surface area contributed by atoms with Crippen molar-refractivity contribution >= 4 is 5.91 Å². The van der Waals surface area contributed by atoms with Gasteiger partial charge in [-0.3, -0.25) is 4.79 Å². The van der Waals surface area contributed by atoms with Gasteiger partial charge in [-0.1, -0.05) is 13.8 Å². The van der Waals surface area contributed by atoms with Crippen LogP contribution in [0.5, 0.6) is 0 Å². The van der Waals surface area contributed by atoms with Crippen molar-refractivity contribution in [1.82, 2.24) is 10.6 Å². The fourth-order valence-corrected chi connectivity index (χ4v) is 5.59. The van der Waals surface area contributed by atoms with Crippen molar-refractivity contribution in [2.24, 2.45) is 23.2 Å². The Morgan fingerprint density at radius 2 is 1.84 bits per heavy atom. The maximum atomic E-state index is 12.2. The highest BCUT2D eigenvalue weighted by molar-refractivity contribution is 5.78. The fourth-order valence-electron chi connectivity index (χ4n) is 5.59. The highest BCUT2D eigenvalue weighted by Gasteiger charge is 2.57. The van der Waals surface area contributed by atoms with E-state index in [1.54, 1.807) is 0 Å². The smallest absolute Gasteiger partial charge is 0.222 e. The van der Waals surface area contributed by atoms with E-state index in [0.717, 1.165) is 18.4 Å². The van der Waals surface area contributed by atoms with Crippen molar-refractivity contribution in [3.05, 3.63) is 0 Å². The topological polar surface area (TPSA) is 41.1 Å². The molecule has 0 radical (unpaired) electrons. The molecule has 4 aliphatic carbocycles. The Kier molecular flexibility index (Phi) is 3.16. The molecule has 4 aliphatic rings. The summed E-state index contributed by atoms with van der Waals surface area (Å²) in [7, 11) is 2.07. The molecular formula is C16H28N2O. The number of carbonyl (C=O) groups is 1. The molecule has 2 unspecified atom stereocenters. The summed E-state index contributed by atoms with van der Waals surface area (Å²) < 4.78 is 0. The summed E-state index contributed by atoms with van der Waals surface area (Å²) >= 11 is 0. The zero-order chi connectivity index (χ0) is 13.7. The normalized spacial score (nSPS) is 43.8. The van der Waals surface area contributed by atoms with Gasteiger partial charge < -0.3 is 10.6 Å². The minimum atomic E-state index is 0.105. The van der Waals surface area contributed by atoms with Gasteiger partial charge in [-0.25, -0.2) is 0 Å². The van der Waals surface area contributed by atoms with Gasteiger partial charge in [-0.2, -0.15) is 0 Å². The Morgan fingerprint density at radius 1 is 1.21 bits per heavy atom. The third kappa shape index (κ3) is 2.31. The lowest BCUT2D eigenvalue weighted by atomic mass is 9.47. The summed E-state index contributed by atoms with van der Waals surface area (Å²) in [5.74, 6) is 2.05. The maximum absolute atomic E-state index is 12.2. The number of carbonyl (C=O) groups excluding carboxylic acids is 1. The average molecular weight is 264 g/mol. The highest BCUT2D eigenvalue weighted by Crippen LogP contribution is 2.61. The molecule has 3 nitrogen and oxygen atoms in total. The van der Waals surface area contributed by atoms with E-state index in [9.17, 15) is 4.79 Å². The minimum Gasteiger partial charge on any atom is -0.350 e. The molecule has 0 aromatic carbocycles. The third-order valence-electron chi connectivity index (χ3n) is 5.65. The fraction of sp³-hybridized carbons (Fsp3) is 0.938. The highest BCUT2D eigenvalue weighted by atomic mass is 16.2. The molecule has 19 heavy (non-hydrogen) atoms. The standard InChI is InChI=1S/C16H28N2O/c1-11(2)14(19)18-16-7-12-4-13(8-16)6-15(5-12,9-16)10-17-3/h11-13,17H,4-10H2,1-3H3,(H,18,19). The van der Waals surface area contributed by atoms with E-state index >= 15 is 0 Å². The Morgan fingerprint density at radius 3 is 2.37 bits per heavy atom. The number of amides is 1. The van der Waals surface area contributed by atoms with Crippen LogP contribution < -0.4 is 10.6 Å². The summed E-state index contributed by atoms with van der Waals surface area (Å²) in [5.41, 5.74) is 0.589. The van der Waals surface area contributed by atoms with E-state index in [1.807, 2.05) is 13.8 Å². The first-order valence-corrected chi connectivity index (χ1v) is 7.93. The van der Waals surface area contributed by atoms with Gasteiger partial charge in [-0.05, 0) is 62.8 Å². The van der Waals surface area contributed by atoms with E-state index in [4.69, 9.17) is 0 Å². The second-order valence-electron chi connectivity index (χ2n) is 7.92. The van der Waals surface area contributed by atoms with Gasteiger partial charge in [0.1, 0.15) is 0 Å². The molecule has 3 heteroatoms. The van der Waals surface area contributed by atoms with Crippen molar-refractivity contribution < 1.29 is 4.79 Å². The van der Waals surface area contributed by atoms with Gasteiger partial charge in [0.05, 0.1) is 0 Å². The molecule has 0 aliphatic heterocycles. The molecule has 0 aromatic rings. The van der Waals surface area contributed by atoms with E-state index in [-0.39, 0.29) is 17.4 Å². The lowest BCUT2D eigenvalue weighted by molar-refractivity contribution is -0.133. The predicted molar refractivity (Wildman–Crippen MR) is 76.8 cm³/mol. The third-order valence-corrected chi connectivity index (χ3v) is 5.65. The lowest BCUT2D eigenvalue weighted by Gasteiger charge is -2.62. The SMILES string of the molecule is CNCC12CC3CC(C1)CC(NC(=O)C(C)C)(C3)C2. The summed E-state index contributed by atoms with van der Waals surface area (Å²) in [6, 6.07) is 0. The quantitative estimate of drug-likeness (QED) is 0.818. The van der Waals surface area contributed by atoms with Crippen molar-refractivity contribution in [3.63, 3.8) is 0 Å². The molecule has 2 atom stereocenters. The molecule has 108 valence electrons. The van der Waals surface area contributed by atoms with E-state index in [2.05, 4.69) is 17.7 Å². The second kappa shape index (κ2) is 4.47. The predicted octanol–water partition coefficient (Wildman–Crippen LogP) is 2.32. The number of nitrogens with one attached hydrogen (secondary N) is 2. The second-order valence-corrected chi connectivity index (χ2v) is 7.92. The van der Waals surface area contributed by atoms with Crippen molar-refractivity contribution in [1.29, 1.82) is 0 Å². The van der Waals surface area contributed by atoms with Crippen LogP contribution in [0.15, 0.2) is 0 Å². The van der Waals surface area contributed by atoms with Gasteiger partial charge >= 0.3 is 0 Å². The first-order valence-electron chi connectivity index (χ1n) is 7.93. The number of hydrogen-bond acceptors (Lipinski definition) is 2. The molecule has 2 N–H and O–H groups in total. The van der Waals surface area contributed by atoms with Crippen LogP contribution in [0.3, 0.4) is 0 Å². The summed E-state index contributed by atoms with van der Waals surface area (Å²) in [5, 5.41) is 6.85. The van der Waals surface area contributed by atoms with Crippen molar-refractivity contribution in [2.45, 2.75) is 57.9 Å². The minimum absolute atomic E-state index is 0.105. The largest absolute Gasteiger partial charge is 0.350 e. The molecule has 4 fully saturated rings. The average Bonchev–Trinajstić information content (AvgIpc) is 2.25. The molecule has 4 rings (SSSR count). The summed E-state index contributed by atoms with van der Waals surface area (Å²) in [4.78, 5) is 12.2. The summed E-state index contributed by atoms with van der Waals surface area (Å²) in [6.45, 7) is 5.12. The van der Waals surface area contributed by atoms with Crippen LogP contribution in [0.4, 0.5) is 0 Å². The Hall–Kier alpha value is -0.570. The number of hydrogen-bond donors (Lipinski definition) is 2. The van der Waals surface area contributed by atoms with E-state index in [1.165, 1.54) is 38.5 Å². The van der Waals surface area contributed by atoms with Crippen LogP contribution in [0.2, 0.25) is 0 Å². The van der Waals surface area contributed by atoms with Crippen LogP contribution in [-0.2, 0) is 4.79 Å². The van der Waals surface area contributed by atoms with Crippen molar-refractivity contribution in [2.75, 3.05) is 13.6 Å². The van der Waals surface area contributed by atoms with Gasteiger partial charge in [0.25, 0.3) is 0 Å². The van der Waals surface area contributed by atoms with Gasteiger partial charge in [-0.15, -0.1) is 0 Å². The van der Waals surface area contributed by atoms with Crippen LogP contribution in [-0.4, -0.2) is 25.0 Å². The lowest BCUT2D eigenvalue weighted by Crippen LogP contribution is -2.65. The monoisotopic (exact) mass is 264 g/mol. The first kappa shape index (κ1) is 13.4. The van der Waals surface area contributed by atoms with Crippen LogP contribution in [0.1, 0.15) is 52.4 Å². The molecular weight excluding hydrogens is 236 g/mol. The van der Waals surface area contributed by atoms with E-state index < -0.39 is 0 Å². The Bertz CT molecular complexity index is 363. The maximum Gasteiger partial charge on any atom is 0.222 e. The molecule has 0 saturated heterocycles. The molecule has 1 amide bonds. The van der Waals surface area contributed by atoms with Crippen LogP contribution >= 0.6 is 0 Å². The van der Waals surface area contributed by atoms with Gasteiger partial charge in [0, 0.05) is 18.0 Å².